The number of nitrogens with one attached hydrogen (secondary N) is 2. The van der Waals surface area contributed by atoms with Gasteiger partial charge in [0.2, 0.25) is 0 Å². The molecule has 88 valence electrons. The number of primary amides is 1. The molecule has 2 amide bonds. The van der Waals surface area contributed by atoms with E-state index >= 15 is 0 Å². The number of hydrogen-bond donors (Lipinski definition) is 3. The number of carbonyl (C=O) groups excluding carboxylic acids is 1. The minimum absolute atomic E-state index is 0.498. The highest BCUT2D eigenvalue weighted by Gasteiger charge is 1.92. The Bertz CT molecular complexity index is 303. The molecule has 0 aliphatic carbocycles. The monoisotopic (exact) mass is 223 g/mol. The topological polar surface area (TPSA) is 76.4 Å². The van der Waals surface area contributed by atoms with Crippen molar-refractivity contribution in [1.29, 1.82) is 0 Å². The first kappa shape index (κ1) is 12.3. The highest BCUT2D eigenvalue weighted by molar-refractivity contribution is 5.71. The normalized spacial score (nSPS) is 9.75. The molecule has 4 N–H and O–H groups in total. The van der Waals surface area contributed by atoms with E-state index in [9.17, 15) is 4.79 Å². The van der Waals surface area contributed by atoms with Gasteiger partial charge in [0.25, 0.3) is 0 Å². The van der Waals surface area contributed by atoms with Crippen LogP contribution in [-0.2, 0) is 0 Å². The fourth-order valence-electron chi connectivity index (χ4n) is 1.16. The Morgan fingerprint density at radius 3 is 2.62 bits per heavy atom. The maximum atomic E-state index is 10.3. The summed E-state index contributed by atoms with van der Waals surface area (Å²) in [5.41, 5.74) is 4.91. The fourth-order valence-corrected chi connectivity index (χ4v) is 1.16. The van der Waals surface area contributed by atoms with Gasteiger partial charge < -0.3 is 21.1 Å². The summed E-state index contributed by atoms with van der Waals surface area (Å²) >= 11 is 0. The van der Waals surface area contributed by atoms with Crippen LogP contribution in [0.5, 0.6) is 5.75 Å². The van der Waals surface area contributed by atoms with Gasteiger partial charge in [-0.05, 0) is 12.1 Å². The van der Waals surface area contributed by atoms with Gasteiger partial charge in [-0.15, -0.1) is 0 Å². The number of hydrogen-bond acceptors (Lipinski definition) is 3. The van der Waals surface area contributed by atoms with Crippen LogP contribution in [-0.4, -0.2) is 32.3 Å². The lowest BCUT2D eigenvalue weighted by Gasteiger charge is -2.07. The molecule has 0 fully saturated rings. The molecule has 5 nitrogen and oxygen atoms in total. The zero-order valence-corrected chi connectivity index (χ0v) is 9.11. The number of para-hydroxylation sites is 1. The largest absolute Gasteiger partial charge is 0.492 e. The molecule has 0 unspecified atom stereocenters. The van der Waals surface area contributed by atoms with Gasteiger partial charge in [0.15, 0.2) is 0 Å². The smallest absolute Gasteiger partial charge is 0.312 e. The second-order valence-corrected chi connectivity index (χ2v) is 3.20. The number of carbonyl (C=O) groups is 1. The first-order chi connectivity index (χ1) is 7.79. The molecular weight excluding hydrogens is 206 g/mol. The van der Waals surface area contributed by atoms with Gasteiger partial charge in [0.05, 0.1) is 0 Å². The lowest BCUT2D eigenvalue weighted by molar-refractivity contribution is 0.249. The molecule has 5 heteroatoms. The highest BCUT2D eigenvalue weighted by Crippen LogP contribution is 2.07. The molecule has 1 aromatic carbocycles. The molecule has 0 bridgehead atoms. The summed E-state index contributed by atoms with van der Waals surface area (Å²) < 4.78 is 5.46. The van der Waals surface area contributed by atoms with E-state index in [2.05, 4.69) is 10.6 Å². The predicted octanol–water partition coefficient (Wildman–Crippen LogP) is 0.323. The van der Waals surface area contributed by atoms with E-state index in [1.54, 1.807) is 0 Å². The second kappa shape index (κ2) is 7.53. The Hall–Kier alpha value is -1.75. The number of nitrogens with two attached hydrogens (primary N) is 1. The third kappa shape index (κ3) is 5.87. The zero-order chi connectivity index (χ0) is 11.6. The van der Waals surface area contributed by atoms with Crippen molar-refractivity contribution in [3.8, 4) is 5.75 Å². The van der Waals surface area contributed by atoms with Crippen LogP contribution in [0.15, 0.2) is 30.3 Å². The lowest BCUT2D eigenvalue weighted by Crippen LogP contribution is -2.36. The molecule has 0 aliphatic rings. The van der Waals surface area contributed by atoms with Gasteiger partial charge in [-0.1, -0.05) is 18.2 Å². The number of ether oxygens (including phenoxy) is 1. The van der Waals surface area contributed by atoms with Crippen molar-refractivity contribution in [2.45, 2.75) is 0 Å². The van der Waals surface area contributed by atoms with Crippen LogP contribution in [0.2, 0.25) is 0 Å². The predicted molar refractivity (Wildman–Crippen MR) is 62.4 cm³/mol. The van der Waals surface area contributed by atoms with Crippen LogP contribution in [0.25, 0.3) is 0 Å². The van der Waals surface area contributed by atoms with Crippen molar-refractivity contribution < 1.29 is 9.53 Å². The Kier molecular flexibility index (Phi) is 5.80. The van der Waals surface area contributed by atoms with Crippen LogP contribution in [0.3, 0.4) is 0 Å². The molecule has 0 saturated heterocycles. The summed E-state index contributed by atoms with van der Waals surface area (Å²) in [4.78, 5) is 10.3. The maximum Gasteiger partial charge on any atom is 0.312 e. The van der Waals surface area contributed by atoms with E-state index in [0.29, 0.717) is 19.7 Å². The molecule has 0 radical (unpaired) electrons. The third-order valence-electron chi connectivity index (χ3n) is 1.89. The summed E-state index contributed by atoms with van der Waals surface area (Å²) in [6.07, 6.45) is 0. The summed E-state index contributed by atoms with van der Waals surface area (Å²) in [6, 6.07) is 9.13. The van der Waals surface area contributed by atoms with E-state index < -0.39 is 6.03 Å². The number of benzene rings is 1. The molecule has 0 saturated carbocycles. The zero-order valence-electron chi connectivity index (χ0n) is 9.11. The maximum absolute atomic E-state index is 10.3. The van der Waals surface area contributed by atoms with Gasteiger partial charge in [0.1, 0.15) is 12.4 Å². The van der Waals surface area contributed by atoms with Crippen molar-refractivity contribution in [2.24, 2.45) is 5.73 Å². The molecule has 0 atom stereocenters. The Morgan fingerprint density at radius 2 is 1.94 bits per heavy atom. The molecular formula is C11H17N3O2. The average molecular weight is 223 g/mol. The second-order valence-electron chi connectivity index (χ2n) is 3.20. The van der Waals surface area contributed by atoms with E-state index in [4.69, 9.17) is 10.5 Å². The van der Waals surface area contributed by atoms with Gasteiger partial charge in [0, 0.05) is 19.6 Å². The van der Waals surface area contributed by atoms with Gasteiger partial charge in [-0.2, -0.15) is 0 Å². The van der Waals surface area contributed by atoms with Crippen molar-refractivity contribution in [1.82, 2.24) is 10.6 Å². The van der Waals surface area contributed by atoms with E-state index in [0.717, 1.165) is 12.3 Å². The third-order valence-corrected chi connectivity index (χ3v) is 1.89. The minimum atomic E-state index is -0.498. The lowest BCUT2D eigenvalue weighted by atomic mass is 10.3. The SMILES string of the molecule is NC(=O)NCCNCCOc1ccccc1. The standard InChI is InChI=1S/C11H17N3O2/c12-11(15)14-7-6-13-8-9-16-10-4-2-1-3-5-10/h1-5,13H,6-9H2,(H3,12,14,15). The van der Waals surface area contributed by atoms with E-state index in [1.807, 2.05) is 30.3 Å². The molecule has 16 heavy (non-hydrogen) atoms. The van der Waals surface area contributed by atoms with Gasteiger partial charge in [-0.3, -0.25) is 0 Å². The molecule has 0 aromatic heterocycles. The van der Waals surface area contributed by atoms with Crippen LogP contribution >= 0.6 is 0 Å². The minimum Gasteiger partial charge on any atom is -0.492 e. The Balaban J connectivity index is 1.94. The summed E-state index contributed by atoms with van der Waals surface area (Å²) in [5.74, 6) is 0.861. The van der Waals surface area contributed by atoms with Crippen molar-refractivity contribution in [2.75, 3.05) is 26.2 Å². The van der Waals surface area contributed by atoms with Gasteiger partial charge in [-0.25, -0.2) is 4.79 Å². The first-order valence-electron chi connectivity index (χ1n) is 5.21. The quantitative estimate of drug-likeness (QED) is 0.583. The van der Waals surface area contributed by atoms with Crippen molar-refractivity contribution in [3.05, 3.63) is 30.3 Å². The van der Waals surface area contributed by atoms with Crippen LogP contribution in [0.1, 0.15) is 0 Å². The van der Waals surface area contributed by atoms with E-state index in [-0.39, 0.29) is 0 Å². The van der Waals surface area contributed by atoms with Crippen LogP contribution in [0, 0.1) is 0 Å². The molecule has 1 aromatic rings. The first-order valence-corrected chi connectivity index (χ1v) is 5.21. The van der Waals surface area contributed by atoms with Gasteiger partial charge >= 0.3 is 6.03 Å². The molecule has 0 heterocycles. The van der Waals surface area contributed by atoms with Crippen molar-refractivity contribution in [3.63, 3.8) is 0 Å². The summed E-state index contributed by atoms with van der Waals surface area (Å²) in [6.45, 7) is 2.54. The van der Waals surface area contributed by atoms with Crippen molar-refractivity contribution >= 4 is 6.03 Å². The Morgan fingerprint density at radius 1 is 1.19 bits per heavy atom. The molecule has 0 aliphatic heterocycles. The molecule has 1 rings (SSSR count). The highest BCUT2D eigenvalue weighted by atomic mass is 16.5. The average Bonchev–Trinajstić information content (AvgIpc) is 2.29. The number of rotatable bonds is 7. The summed E-state index contributed by atoms with van der Waals surface area (Å²) in [5, 5.41) is 5.61. The summed E-state index contributed by atoms with van der Waals surface area (Å²) in [7, 11) is 0. The van der Waals surface area contributed by atoms with Crippen LogP contribution in [0.4, 0.5) is 4.79 Å². The molecule has 0 spiro atoms. The number of urea groups is 1. The number of amides is 2. The Labute approximate surface area is 95.0 Å². The fraction of sp³-hybridized carbons (Fsp3) is 0.364. The van der Waals surface area contributed by atoms with E-state index in [1.165, 1.54) is 0 Å². The van der Waals surface area contributed by atoms with Crippen LogP contribution < -0.4 is 21.1 Å².